The molecular formula is C33H67N. The van der Waals surface area contributed by atoms with Crippen molar-refractivity contribution >= 4 is 0 Å². The molecule has 0 aliphatic heterocycles. The van der Waals surface area contributed by atoms with Crippen LogP contribution in [0.1, 0.15) is 181 Å². The van der Waals surface area contributed by atoms with Gasteiger partial charge in [-0.3, -0.25) is 0 Å². The molecule has 0 heterocycles. The van der Waals surface area contributed by atoms with Crippen molar-refractivity contribution in [2.45, 2.75) is 187 Å². The van der Waals surface area contributed by atoms with Crippen molar-refractivity contribution < 1.29 is 0 Å². The van der Waals surface area contributed by atoms with Crippen LogP contribution in [0.4, 0.5) is 0 Å². The lowest BCUT2D eigenvalue weighted by Crippen LogP contribution is -2.27. The van der Waals surface area contributed by atoms with E-state index in [1.165, 1.54) is 148 Å². The smallest absolute Gasteiger partial charge is 0.00891 e. The van der Waals surface area contributed by atoms with E-state index >= 15 is 0 Å². The molecule has 34 heavy (non-hydrogen) atoms. The molecular weight excluding hydrogens is 410 g/mol. The fourth-order valence-corrected chi connectivity index (χ4v) is 6.05. The third kappa shape index (κ3) is 19.2. The van der Waals surface area contributed by atoms with Crippen molar-refractivity contribution in [3.05, 3.63) is 0 Å². The summed E-state index contributed by atoms with van der Waals surface area (Å²) in [7, 11) is 4.59. The molecule has 1 aliphatic carbocycles. The van der Waals surface area contributed by atoms with Crippen LogP contribution in [0.2, 0.25) is 0 Å². The first-order chi connectivity index (χ1) is 16.7. The number of rotatable bonds is 27. The first-order valence-electron chi connectivity index (χ1n) is 16.3. The van der Waals surface area contributed by atoms with Crippen LogP contribution < -0.4 is 0 Å². The second kappa shape index (κ2) is 23.4. The van der Waals surface area contributed by atoms with E-state index in [-0.39, 0.29) is 0 Å². The molecule has 0 aromatic carbocycles. The Morgan fingerprint density at radius 1 is 0.471 bits per heavy atom. The van der Waals surface area contributed by atoms with Gasteiger partial charge < -0.3 is 4.90 Å². The van der Waals surface area contributed by atoms with Crippen molar-refractivity contribution in [2.24, 2.45) is 11.8 Å². The maximum Gasteiger partial charge on any atom is 0.00891 e. The van der Waals surface area contributed by atoms with Crippen molar-refractivity contribution in [3.8, 4) is 0 Å². The first-order valence-corrected chi connectivity index (χ1v) is 16.3. The number of nitrogens with zero attached hydrogens (tertiary/aromatic N) is 1. The number of unbranched alkanes of at least 4 members (excludes halogenated alkanes) is 18. The first kappa shape index (κ1) is 32.0. The van der Waals surface area contributed by atoms with E-state index < -0.39 is 0 Å². The molecule has 3 atom stereocenters. The molecule has 1 unspecified atom stereocenters. The predicted octanol–water partition coefficient (Wildman–Crippen LogP) is 11.3. The average Bonchev–Trinajstić information content (AvgIpc) is 3.58. The standard InChI is InChI=1S/C33H67N/c1-5-7-9-11-13-15-18-22-26-31-30-32(31)27-23-19-16-17-21-25-29-33(34(3)4)28-24-20-14-12-10-8-6-2/h31-33H,5-30H2,1-4H3/t31-,32+,33?/m0/s1. The molecule has 1 saturated carbocycles. The highest BCUT2D eigenvalue weighted by Crippen LogP contribution is 2.45. The molecule has 1 nitrogen and oxygen atoms in total. The molecule has 0 saturated heterocycles. The van der Waals surface area contributed by atoms with Gasteiger partial charge in [-0.15, -0.1) is 0 Å². The summed E-state index contributed by atoms with van der Waals surface area (Å²) in [4.78, 5) is 2.50. The van der Waals surface area contributed by atoms with Gasteiger partial charge in [0.05, 0.1) is 0 Å². The molecule has 0 aromatic rings. The zero-order chi connectivity index (χ0) is 24.7. The van der Waals surface area contributed by atoms with Crippen LogP contribution in [0.3, 0.4) is 0 Å². The molecule has 1 heteroatoms. The van der Waals surface area contributed by atoms with Gasteiger partial charge in [-0.05, 0) is 45.2 Å². The van der Waals surface area contributed by atoms with Crippen molar-refractivity contribution in [1.82, 2.24) is 4.90 Å². The quantitative estimate of drug-likeness (QED) is 0.106. The topological polar surface area (TPSA) is 3.24 Å². The van der Waals surface area contributed by atoms with E-state index in [4.69, 9.17) is 0 Å². The lowest BCUT2D eigenvalue weighted by molar-refractivity contribution is 0.251. The maximum atomic E-state index is 2.50. The van der Waals surface area contributed by atoms with Crippen LogP contribution in [-0.2, 0) is 0 Å². The Morgan fingerprint density at radius 3 is 1.15 bits per heavy atom. The zero-order valence-electron chi connectivity index (χ0n) is 24.6. The van der Waals surface area contributed by atoms with Crippen LogP contribution in [0.25, 0.3) is 0 Å². The van der Waals surface area contributed by atoms with E-state index in [1.54, 1.807) is 19.3 Å². The van der Waals surface area contributed by atoms with Gasteiger partial charge in [0, 0.05) is 6.04 Å². The summed E-state index contributed by atoms with van der Waals surface area (Å²) in [6, 6.07) is 0.823. The summed E-state index contributed by atoms with van der Waals surface area (Å²) in [5.74, 6) is 2.25. The highest BCUT2D eigenvalue weighted by atomic mass is 15.1. The third-order valence-electron chi connectivity index (χ3n) is 8.73. The van der Waals surface area contributed by atoms with Gasteiger partial charge in [0.2, 0.25) is 0 Å². The highest BCUT2D eigenvalue weighted by Gasteiger charge is 2.34. The van der Waals surface area contributed by atoms with E-state index in [9.17, 15) is 0 Å². The van der Waals surface area contributed by atoms with Gasteiger partial charge in [0.15, 0.2) is 0 Å². The largest absolute Gasteiger partial charge is 0.306 e. The summed E-state index contributed by atoms with van der Waals surface area (Å²) < 4.78 is 0. The molecule has 0 aromatic heterocycles. The fraction of sp³-hybridized carbons (Fsp3) is 1.00. The normalized spacial score (nSPS) is 18.6. The molecule has 0 amide bonds. The molecule has 1 aliphatic rings. The van der Waals surface area contributed by atoms with Crippen molar-refractivity contribution in [3.63, 3.8) is 0 Å². The minimum absolute atomic E-state index is 0.823. The summed E-state index contributed by atoms with van der Waals surface area (Å²) in [5, 5.41) is 0. The van der Waals surface area contributed by atoms with Gasteiger partial charge in [0.25, 0.3) is 0 Å². The Hall–Kier alpha value is -0.0400. The van der Waals surface area contributed by atoms with Crippen LogP contribution >= 0.6 is 0 Å². The van der Waals surface area contributed by atoms with Gasteiger partial charge in [-0.1, -0.05) is 162 Å². The Morgan fingerprint density at radius 2 is 0.794 bits per heavy atom. The second-order valence-corrected chi connectivity index (χ2v) is 12.2. The summed E-state index contributed by atoms with van der Waals surface area (Å²) >= 11 is 0. The van der Waals surface area contributed by atoms with Crippen LogP contribution in [0.15, 0.2) is 0 Å². The lowest BCUT2D eigenvalue weighted by Gasteiger charge is -2.24. The maximum absolute atomic E-state index is 2.50. The Labute approximate surface area is 217 Å². The van der Waals surface area contributed by atoms with E-state index in [0.29, 0.717) is 0 Å². The molecule has 0 bridgehead atoms. The van der Waals surface area contributed by atoms with Crippen LogP contribution in [-0.4, -0.2) is 25.0 Å². The summed E-state index contributed by atoms with van der Waals surface area (Å²) in [5.41, 5.74) is 0. The van der Waals surface area contributed by atoms with Gasteiger partial charge in [-0.25, -0.2) is 0 Å². The molecule has 0 radical (unpaired) electrons. The lowest BCUT2D eigenvalue weighted by atomic mass is 9.99. The fourth-order valence-electron chi connectivity index (χ4n) is 6.05. The van der Waals surface area contributed by atoms with Gasteiger partial charge >= 0.3 is 0 Å². The zero-order valence-corrected chi connectivity index (χ0v) is 24.6. The summed E-state index contributed by atoms with van der Waals surface area (Å²) in [6.45, 7) is 4.62. The van der Waals surface area contributed by atoms with Crippen LogP contribution in [0.5, 0.6) is 0 Å². The number of hydrogen-bond donors (Lipinski definition) is 0. The second-order valence-electron chi connectivity index (χ2n) is 12.2. The highest BCUT2D eigenvalue weighted by molar-refractivity contribution is 4.85. The molecule has 204 valence electrons. The Bertz CT molecular complexity index is 403. The Balaban J connectivity index is 1.84. The Kier molecular flexibility index (Phi) is 22.0. The van der Waals surface area contributed by atoms with E-state index in [0.717, 1.165) is 17.9 Å². The molecule has 0 N–H and O–H groups in total. The van der Waals surface area contributed by atoms with Crippen LogP contribution in [0, 0.1) is 11.8 Å². The minimum Gasteiger partial charge on any atom is -0.306 e. The SMILES string of the molecule is CCCCCCCCCC[C@H]1C[C@H]1CCCCCCCCC(CCCCCCCCC)N(C)C. The van der Waals surface area contributed by atoms with Gasteiger partial charge in [-0.2, -0.15) is 0 Å². The number of hydrogen-bond acceptors (Lipinski definition) is 1. The van der Waals surface area contributed by atoms with Crippen molar-refractivity contribution in [2.75, 3.05) is 14.1 Å². The van der Waals surface area contributed by atoms with E-state index in [2.05, 4.69) is 32.8 Å². The molecule has 0 spiro atoms. The average molecular weight is 478 g/mol. The predicted molar refractivity (Wildman–Crippen MR) is 156 cm³/mol. The molecule has 1 rings (SSSR count). The third-order valence-corrected chi connectivity index (χ3v) is 8.73. The van der Waals surface area contributed by atoms with Gasteiger partial charge in [0.1, 0.15) is 0 Å². The summed E-state index contributed by atoms with van der Waals surface area (Å²) in [6.07, 6.45) is 38.2. The monoisotopic (exact) mass is 478 g/mol. The van der Waals surface area contributed by atoms with E-state index in [1.807, 2.05) is 0 Å². The minimum atomic E-state index is 0.823. The van der Waals surface area contributed by atoms with Crippen molar-refractivity contribution in [1.29, 1.82) is 0 Å². The molecule has 1 fully saturated rings.